The first-order valence-corrected chi connectivity index (χ1v) is 23.5. The summed E-state index contributed by atoms with van der Waals surface area (Å²) in [6.45, 7) is 0. The topological polar surface area (TPSA) is 0 Å². The van der Waals surface area contributed by atoms with Crippen LogP contribution in [0.25, 0.3) is 120 Å². The van der Waals surface area contributed by atoms with Gasteiger partial charge in [-0.05, 0) is 161 Å². The minimum absolute atomic E-state index is 0.494. The Morgan fingerprint density at radius 2 is 0.687 bits per heavy atom. The molecule has 0 fully saturated rings. The van der Waals surface area contributed by atoms with Crippen LogP contribution in [0.1, 0.15) is 22.3 Å². The van der Waals surface area contributed by atoms with Gasteiger partial charge in [-0.2, -0.15) is 0 Å². The molecule has 67 heavy (non-hydrogen) atoms. The highest BCUT2D eigenvalue weighted by Gasteiger charge is 2.53. The molecule has 2 aliphatic rings. The van der Waals surface area contributed by atoms with Crippen LogP contribution >= 0.6 is 0 Å². The Labute approximate surface area is 388 Å². The van der Waals surface area contributed by atoms with E-state index >= 15 is 0 Å². The molecule has 0 bridgehead atoms. The molecule has 0 nitrogen and oxygen atoms in total. The maximum atomic E-state index is 2.52. The van der Waals surface area contributed by atoms with Crippen LogP contribution < -0.4 is 0 Å². The zero-order chi connectivity index (χ0) is 43.8. The first kappa shape index (κ1) is 36.7. The molecule has 308 valence electrons. The van der Waals surface area contributed by atoms with Crippen molar-refractivity contribution in [3.8, 4) is 55.6 Å². The molecule has 13 aromatic rings. The summed E-state index contributed by atoms with van der Waals surface area (Å²) in [6, 6.07) is 91.5. The van der Waals surface area contributed by atoms with Crippen LogP contribution in [-0.2, 0) is 5.41 Å². The average Bonchev–Trinajstić information content (AvgIpc) is 3.86. The van der Waals surface area contributed by atoms with Crippen molar-refractivity contribution in [3.63, 3.8) is 0 Å². The summed E-state index contributed by atoms with van der Waals surface area (Å²) < 4.78 is 0. The van der Waals surface area contributed by atoms with Gasteiger partial charge in [0.15, 0.2) is 0 Å². The highest BCUT2D eigenvalue weighted by molar-refractivity contribution is 6.26. The van der Waals surface area contributed by atoms with Gasteiger partial charge in [-0.25, -0.2) is 0 Å². The first-order chi connectivity index (χ1) is 33.3. The summed E-state index contributed by atoms with van der Waals surface area (Å²) in [4.78, 5) is 0. The molecule has 0 N–H and O–H groups in total. The van der Waals surface area contributed by atoms with Crippen molar-refractivity contribution in [2.24, 2.45) is 0 Å². The predicted octanol–water partition coefficient (Wildman–Crippen LogP) is 18.0. The van der Waals surface area contributed by atoms with Gasteiger partial charge in [0.2, 0.25) is 0 Å². The Balaban J connectivity index is 1.04. The lowest BCUT2D eigenvalue weighted by Gasteiger charge is -2.32. The maximum Gasteiger partial charge on any atom is 0.0731 e. The van der Waals surface area contributed by atoms with Crippen molar-refractivity contribution >= 4 is 64.6 Å². The van der Waals surface area contributed by atoms with E-state index in [9.17, 15) is 0 Å². The zero-order valence-electron chi connectivity index (χ0n) is 36.6. The van der Waals surface area contributed by atoms with Crippen LogP contribution in [0.4, 0.5) is 0 Å². The number of benzene rings is 13. The van der Waals surface area contributed by atoms with Crippen LogP contribution in [0.3, 0.4) is 0 Å². The second-order valence-electron chi connectivity index (χ2n) is 18.6. The van der Waals surface area contributed by atoms with E-state index in [0.29, 0.717) is 0 Å². The minimum atomic E-state index is -0.494. The van der Waals surface area contributed by atoms with Crippen molar-refractivity contribution in [1.82, 2.24) is 0 Å². The standard InChI is InChI=1S/C67H40/c1-2-18-41(19-3-1)45-36-37-56(47-23-7-6-22-46(45)47)64-54-30-12-10-28-52(54)63(53-29-11-13-31-55(53)64)44-34-35-57-58(39-44)48-24-8-9-27-51(48)65-59-38-42-20-4-5-21-43(42)40-62(59)67(66(57)65)60-32-16-14-25-49(60)50-26-15-17-33-61(50)67/h1-40H. The largest absolute Gasteiger partial charge is 0.0731 e. The van der Waals surface area contributed by atoms with E-state index in [2.05, 4.69) is 243 Å². The van der Waals surface area contributed by atoms with E-state index in [1.54, 1.807) is 0 Å². The molecule has 0 saturated carbocycles. The molecule has 13 aromatic carbocycles. The van der Waals surface area contributed by atoms with Gasteiger partial charge in [-0.1, -0.05) is 224 Å². The molecule has 0 amide bonds. The van der Waals surface area contributed by atoms with Crippen molar-refractivity contribution in [2.75, 3.05) is 0 Å². The summed E-state index contributed by atoms with van der Waals surface area (Å²) >= 11 is 0. The molecule has 0 unspecified atom stereocenters. The molecular formula is C67H40. The average molecular weight is 845 g/mol. The van der Waals surface area contributed by atoms with Crippen LogP contribution in [0.2, 0.25) is 0 Å². The molecule has 0 atom stereocenters. The van der Waals surface area contributed by atoms with Gasteiger partial charge in [0, 0.05) is 0 Å². The van der Waals surface area contributed by atoms with Gasteiger partial charge in [0.05, 0.1) is 5.41 Å². The molecule has 0 radical (unpaired) electrons. The van der Waals surface area contributed by atoms with Crippen molar-refractivity contribution in [2.45, 2.75) is 5.41 Å². The monoisotopic (exact) mass is 844 g/mol. The lowest BCUT2D eigenvalue weighted by Crippen LogP contribution is -2.26. The fourth-order valence-electron chi connectivity index (χ4n) is 12.8. The Bertz CT molecular complexity index is 4160. The molecule has 0 heterocycles. The van der Waals surface area contributed by atoms with Crippen LogP contribution in [0, 0.1) is 0 Å². The Morgan fingerprint density at radius 3 is 1.33 bits per heavy atom. The van der Waals surface area contributed by atoms with E-state index in [1.165, 1.54) is 143 Å². The molecule has 0 aliphatic heterocycles. The Kier molecular flexibility index (Phi) is 7.52. The van der Waals surface area contributed by atoms with Gasteiger partial charge in [-0.3, -0.25) is 0 Å². The lowest BCUT2D eigenvalue weighted by molar-refractivity contribution is 0.803. The first-order valence-electron chi connectivity index (χ1n) is 23.5. The van der Waals surface area contributed by atoms with Crippen molar-refractivity contribution < 1.29 is 0 Å². The normalized spacial score (nSPS) is 13.2. The summed E-state index contributed by atoms with van der Waals surface area (Å²) in [7, 11) is 0. The SMILES string of the molecule is c1ccc(-c2ccc(-c3c4ccccc4c(-c4ccc5c6c(c7ccccc7c5c4)-c4cc5ccccc5cc4C64c5ccccc5-c5ccccc54)c4ccccc34)c3ccccc23)cc1. The number of rotatable bonds is 3. The second kappa shape index (κ2) is 13.7. The summed E-state index contributed by atoms with van der Waals surface area (Å²) in [5.74, 6) is 0. The van der Waals surface area contributed by atoms with Gasteiger partial charge >= 0.3 is 0 Å². The van der Waals surface area contributed by atoms with E-state index in [1.807, 2.05) is 0 Å². The number of hydrogen-bond donors (Lipinski definition) is 0. The molecule has 1 spiro atoms. The highest BCUT2D eigenvalue weighted by atomic mass is 14.5. The molecule has 0 saturated heterocycles. The van der Waals surface area contributed by atoms with E-state index in [4.69, 9.17) is 0 Å². The molecule has 0 aromatic heterocycles. The predicted molar refractivity (Wildman–Crippen MR) is 284 cm³/mol. The van der Waals surface area contributed by atoms with E-state index < -0.39 is 5.41 Å². The smallest absolute Gasteiger partial charge is 0.0622 e. The van der Waals surface area contributed by atoms with Crippen molar-refractivity contribution in [1.29, 1.82) is 0 Å². The third kappa shape index (κ3) is 4.86. The van der Waals surface area contributed by atoms with Gasteiger partial charge < -0.3 is 0 Å². The second-order valence-corrected chi connectivity index (χ2v) is 18.6. The summed E-state index contributed by atoms with van der Waals surface area (Å²) in [5.41, 5.74) is 17.8. The van der Waals surface area contributed by atoms with Crippen molar-refractivity contribution in [3.05, 3.63) is 265 Å². The highest BCUT2D eigenvalue weighted by Crippen LogP contribution is 2.66. The van der Waals surface area contributed by atoms with Crippen LogP contribution in [-0.4, -0.2) is 0 Å². The Morgan fingerprint density at radius 1 is 0.209 bits per heavy atom. The van der Waals surface area contributed by atoms with Gasteiger partial charge in [0.1, 0.15) is 0 Å². The third-order valence-electron chi connectivity index (χ3n) is 15.4. The Hall–Kier alpha value is -8.58. The minimum Gasteiger partial charge on any atom is -0.0622 e. The maximum absolute atomic E-state index is 2.52. The fraction of sp³-hybridized carbons (Fsp3) is 0.0149. The summed E-state index contributed by atoms with van der Waals surface area (Å²) in [5, 5.41) is 15.3. The number of fused-ring (bicyclic) bond motifs is 19. The van der Waals surface area contributed by atoms with Gasteiger partial charge in [-0.15, -0.1) is 0 Å². The fourth-order valence-corrected chi connectivity index (χ4v) is 12.8. The molecule has 0 heteroatoms. The van der Waals surface area contributed by atoms with Crippen LogP contribution in [0.5, 0.6) is 0 Å². The molecule has 2 aliphatic carbocycles. The van der Waals surface area contributed by atoms with Gasteiger partial charge in [0.25, 0.3) is 0 Å². The lowest BCUT2D eigenvalue weighted by atomic mass is 9.69. The van der Waals surface area contributed by atoms with E-state index in [-0.39, 0.29) is 0 Å². The zero-order valence-corrected chi connectivity index (χ0v) is 36.6. The summed E-state index contributed by atoms with van der Waals surface area (Å²) in [6.07, 6.45) is 0. The third-order valence-corrected chi connectivity index (χ3v) is 15.4. The quantitative estimate of drug-likeness (QED) is 0.123. The molecular weight excluding hydrogens is 805 g/mol. The van der Waals surface area contributed by atoms with Crippen LogP contribution in [0.15, 0.2) is 243 Å². The number of hydrogen-bond acceptors (Lipinski definition) is 0. The molecule has 15 rings (SSSR count). The van der Waals surface area contributed by atoms with E-state index in [0.717, 1.165) is 0 Å².